The van der Waals surface area contributed by atoms with Gasteiger partial charge in [-0.3, -0.25) is 0 Å². The fourth-order valence-electron chi connectivity index (χ4n) is 2.60. The van der Waals surface area contributed by atoms with Gasteiger partial charge in [0.25, 0.3) is 0 Å². The van der Waals surface area contributed by atoms with Gasteiger partial charge in [-0.25, -0.2) is 9.97 Å². The summed E-state index contributed by atoms with van der Waals surface area (Å²) in [4.78, 5) is 8.60. The second-order valence-electron chi connectivity index (χ2n) is 6.42. The number of hydrogen-bond acceptors (Lipinski definition) is 5. The molecule has 0 aliphatic carbocycles. The van der Waals surface area contributed by atoms with E-state index in [1.165, 1.54) is 11.1 Å². The molecule has 26 heavy (non-hydrogen) atoms. The van der Waals surface area contributed by atoms with Gasteiger partial charge < -0.3 is 15.4 Å². The summed E-state index contributed by atoms with van der Waals surface area (Å²) in [5.74, 6) is 2.29. The molecular weight excluding hydrogens is 324 g/mol. The van der Waals surface area contributed by atoms with E-state index in [1.54, 1.807) is 6.33 Å². The normalized spacial score (nSPS) is 10.6. The van der Waals surface area contributed by atoms with Crippen LogP contribution in [-0.4, -0.2) is 16.1 Å². The number of nitrogens with zero attached hydrogens (tertiary/aromatic N) is 2. The molecule has 1 aromatic heterocycles. The van der Waals surface area contributed by atoms with Crippen LogP contribution in [-0.2, 0) is 6.54 Å². The molecule has 0 radical (unpaired) electrons. The maximum Gasteiger partial charge on any atom is 0.143 e. The third-order valence-corrected chi connectivity index (χ3v) is 3.74. The van der Waals surface area contributed by atoms with Gasteiger partial charge in [-0.15, -0.1) is 0 Å². The average Bonchev–Trinajstić information content (AvgIpc) is 2.62. The van der Waals surface area contributed by atoms with E-state index in [9.17, 15) is 0 Å². The second-order valence-corrected chi connectivity index (χ2v) is 6.42. The molecule has 5 heteroatoms. The molecule has 0 unspecified atom stereocenters. The van der Waals surface area contributed by atoms with Crippen LogP contribution in [0.15, 0.2) is 60.9 Å². The van der Waals surface area contributed by atoms with Crippen LogP contribution in [0.2, 0.25) is 0 Å². The first-order valence-corrected chi connectivity index (χ1v) is 8.74. The van der Waals surface area contributed by atoms with Gasteiger partial charge in [-0.05, 0) is 38.5 Å². The summed E-state index contributed by atoms with van der Waals surface area (Å²) in [7, 11) is 0. The fraction of sp³-hybridized carbons (Fsp3) is 0.238. The monoisotopic (exact) mass is 348 g/mol. The lowest BCUT2D eigenvalue weighted by Gasteiger charge is -2.15. The Morgan fingerprint density at radius 2 is 1.77 bits per heavy atom. The van der Waals surface area contributed by atoms with Gasteiger partial charge in [-0.2, -0.15) is 0 Å². The number of anilines is 3. The summed E-state index contributed by atoms with van der Waals surface area (Å²) in [5, 5.41) is 6.65. The minimum absolute atomic E-state index is 0.106. The van der Waals surface area contributed by atoms with Crippen LogP contribution in [0, 0.1) is 6.92 Å². The Morgan fingerprint density at radius 3 is 2.58 bits per heavy atom. The number of nitrogens with one attached hydrogen (secondary N) is 2. The Labute approximate surface area is 154 Å². The third kappa shape index (κ3) is 4.96. The zero-order chi connectivity index (χ0) is 18.4. The maximum atomic E-state index is 5.84. The van der Waals surface area contributed by atoms with E-state index < -0.39 is 0 Å². The highest BCUT2D eigenvalue weighted by Crippen LogP contribution is 2.28. The Balaban J connectivity index is 1.70. The zero-order valence-electron chi connectivity index (χ0n) is 15.4. The van der Waals surface area contributed by atoms with Gasteiger partial charge in [0.05, 0.1) is 11.8 Å². The molecule has 0 atom stereocenters. The van der Waals surface area contributed by atoms with Crippen LogP contribution in [0.1, 0.15) is 25.0 Å². The van der Waals surface area contributed by atoms with Gasteiger partial charge in [0.2, 0.25) is 0 Å². The zero-order valence-corrected chi connectivity index (χ0v) is 15.4. The first-order valence-electron chi connectivity index (χ1n) is 8.74. The van der Waals surface area contributed by atoms with Crippen molar-refractivity contribution in [1.82, 2.24) is 9.97 Å². The highest BCUT2D eigenvalue weighted by Gasteiger charge is 2.07. The molecule has 0 aliphatic heterocycles. The average molecular weight is 348 g/mol. The summed E-state index contributed by atoms with van der Waals surface area (Å²) in [6, 6.07) is 18.1. The first-order chi connectivity index (χ1) is 12.6. The molecule has 0 aliphatic rings. The van der Waals surface area contributed by atoms with Crippen LogP contribution < -0.4 is 15.4 Å². The second kappa shape index (κ2) is 8.34. The van der Waals surface area contributed by atoms with E-state index in [-0.39, 0.29) is 6.10 Å². The largest absolute Gasteiger partial charge is 0.489 e. The number of aryl methyl sites for hydroxylation is 1. The van der Waals surface area contributed by atoms with Crippen molar-refractivity contribution in [2.45, 2.75) is 33.4 Å². The number of benzene rings is 2. The van der Waals surface area contributed by atoms with Crippen LogP contribution in [0.3, 0.4) is 0 Å². The predicted molar refractivity (Wildman–Crippen MR) is 106 cm³/mol. The van der Waals surface area contributed by atoms with E-state index in [2.05, 4.69) is 51.8 Å². The molecule has 5 nitrogen and oxygen atoms in total. The summed E-state index contributed by atoms with van der Waals surface area (Å²) in [5.41, 5.74) is 3.34. The lowest BCUT2D eigenvalue weighted by atomic mass is 10.1. The van der Waals surface area contributed by atoms with Crippen molar-refractivity contribution in [1.29, 1.82) is 0 Å². The summed E-state index contributed by atoms with van der Waals surface area (Å²) in [6.45, 7) is 6.82. The van der Waals surface area contributed by atoms with Gasteiger partial charge in [-0.1, -0.05) is 42.0 Å². The first kappa shape index (κ1) is 17.7. The minimum Gasteiger partial charge on any atom is -0.489 e. The van der Waals surface area contributed by atoms with Crippen LogP contribution in [0.5, 0.6) is 5.75 Å². The minimum atomic E-state index is 0.106. The SMILES string of the molecule is Cc1cccc(CNc2cc(Nc3ccccc3OC(C)C)ncn2)c1. The van der Waals surface area contributed by atoms with Crippen molar-refractivity contribution in [3.8, 4) is 5.75 Å². The van der Waals surface area contributed by atoms with Crippen LogP contribution in [0.25, 0.3) is 0 Å². The van der Waals surface area contributed by atoms with Crippen molar-refractivity contribution in [2.24, 2.45) is 0 Å². The fourth-order valence-corrected chi connectivity index (χ4v) is 2.60. The summed E-state index contributed by atoms with van der Waals surface area (Å²) >= 11 is 0. The van der Waals surface area contributed by atoms with E-state index in [0.717, 1.165) is 17.3 Å². The van der Waals surface area contributed by atoms with E-state index in [4.69, 9.17) is 4.74 Å². The molecule has 2 aromatic carbocycles. The van der Waals surface area contributed by atoms with E-state index in [1.807, 2.05) is 44.2 Å². The van der Waals surface area contributed by atoms with Gasteiger partial charge in [0, 0.05) is 12.6 Å². The standard InChI is InChI=1S/C21H24N4O/c1-15(2)26-19-10-5-4-9-18(19)25-21-12-20(23-14-24-21)22-13-17-8-6-7-16(3)11-17/h4-12,14-15H,13H2,1-3H3,(H2,22,23,24,25). The lowest BCUT2D eigenvalue weighted by molar-refractivity contribution is 0.244. The Kier molecular flexibility index (Phi) is 5.69. The van der Waals surface area contributed by atoms with Crippen molar-refractivity contribution in [2.75, 3.05) is 10.6 Å². The molecular formula is C21H24N4O. The lowest BCUT2D eigenvalue weighted by Crippen LogP contribution is -2.08. The van der Waals surface area contributed by atoms with Crippen molar-refractivity contribution >= 4 is 17.3 Å². The number of hydrogen-bond donors (Lipinski definition) is 2. The molecule has 0 fully saturated rings. The Bertz CT molecular complexity index is 864. The Morgan fingerprint density at radius 1 is 0.962 bits per heavy atom. The molecule has 1 heterocycles. The summed E-state index contributed by atoms with van der Waals surface area (Å²) < 4.78 is 5.84. The van der Waals surface area contributed by atoms with Gasteiger partial charge >= 0.3 is 0 Å². The number of para-hydroxylation sites is 2. The smallest absolute Gasteiger partial charge is 0.143 e. The van der Waals surface area contributed by atoms with Gasteiger partial charge in [0.15, 0.2) is 0 Å². The predicted octanol–water partition coefficient (Wildman–Crippen LogP) is 4.93. The number of aromatic nitrogens is 2. The highest BCUT2D eigenvalue weighted by molar-refractivity contribution is 5.65. The molecule has 134 valence electrons. The van der Waals surface area contributed by atoms with Gasteiger partial charge in [0.1, 0.15) is 23.7 Å². The summed E-state index contributed by atoms with van der Waals surface area (Å²) in [6.07, 6.45) is 1.65. The van der Waals surface area contributed by atoms with Crippen molar-refractivity contribution < 1.29 is 4.74 Å². The molecule has 3 aromatic rings. The third-order valence-electron chi connectivity index (χ3n) is 3.74. The molecule has 2 N–H and O–H groups in total. The molecule has 0 bridgehead atoms. The number of ether oxygens (including phenoxy) is 1. The molecule has 3 rings (SSSR count). The molecule has 0 amide bonds. The van der Waals surface area contributed by atoms with Crippen molar-refractivity contribution in [3.63, 3.8) is 0 Å². The van der Waals surface area contributed by atoms with Crippen LogP contribution >= 0.6 is 0 Å². The van der Waals surface area contributed by atoms with Crippen LogP contribution in [0.4, 0.5) is 17.3 Å². The molecule has 0 saturated heterocycles. The quantitative estimate of drug-likeness (QED) is 0.634. The van der Waals surface area contributed by atoms with Crippen molar-refractivity contribution in [3.05, 3.63) is 72.1 Å². The molecule has 0 saturated carbocycles. The topological polar surface area (TPSA) is 59.1 Å². The van der Waals surface area contributed by atoms with E-state index >= 15 is 0 Å². The molecule has 0 spiro atoms. The Hall–Kier alpha value is -3.08. The highest BCUT2D eigenvalue weighted by atomic mass is 16.5. The number of rotatable bonds is 7. The van der Waals surface area contributed by atoms with E-state index in [0.29, 0.717) is 12.4 Å². The maximum absolute atomic E-state index is 5.84.